The largest absolute Gasteiger partial charge is 0.382 e. The number of ether oxygens (including phenoxy) is 1. The highest BCUT2D eigenvalue weighted by Gasteiger charge is 2.20. The molecule has 2 nitrogen and oxygen atoms in total. The van der Waals surface area contributed by atoms with Crippen LogP contribution in [0.5, 0.6) is 0 Å². The van der Waals surface area contributed by atoms with E-state index in [1.807, 2.05) is 6.07 Å². The van der Waals surface area contributed by atoms with Crippen molar-refractivity contribution in [3.05, 3.63) is 28.7 Å². The minimum Gasteiger partial charge on any atom is -0.382 e. The van der Waals surface area contributed by atoms with Crippen LogP contribution in [-0.4, -0.2) is 19.3 Å². The third-order valence-electron chi connectivity index (χ3n) is 3.19. The standard InChI is InChI=1S/C13H18BrNO/c1-10(11-5-7-16-8-6-11)15-13-4-2-3-12(14)9-13/h2-4,9-11,15H,5-8H2,1H3. The minimum absolute atomic E-state index is 0.512. The molecule has 0 amide bonds. The molecule has 1 saturated heterocycles. The van der Waals surface area contributed by atoms with Crippen LogP contribution in [0.4, 0.5) is 5.69 Å². The molecule has 0 aliphatic carbocycles. The number of halogens is 1. The molecule has 0 bridgehead atoms. The van der Waals surface area contributed by atoms with Crippen LogP contribution in [0.15, 0.2) is 28.7 Å². The van der Waals surface area contributed by atoms with E-state index in [1.54, 1.807) is 0 Å². The predicted octanol–water partition coefficient (Wildman–Crippen LogP) is 3.68. The number of rotatable bonds is 3. The van der Waals surface area contributed by atoms with E-state index in [0.29, 0.717) is 6.04 Å². The monoisotopic (exact) mass is 283 g/mol. The lowest BCUT2D eigenvalue weighted by Gasteiger charge is -2.29. The van der Waals surface area contributed by atoms with Gasteiger partial charge in [-0.3, -0.25) is 0 Å². The van der Waals surface area contributed by atoms with Crippen LogP contribution in [-0.2, 0) is 4.74 Å². The zero-order valence-electron chi connectivity index (χ0n) is 9.58. The van der Waals surface area contributed by atoms with Gasteiger partial charge in [-0.15, -0.1) is 0 Å². The van der Waals surface area contributed by atoms with Crippen molar-refractivity contribution in [2.75, 3.05) is 18.5 Å². The molecule has 1 fully saturated rings. The van der Waals surface area contributed by atoms with Gasteiger partial charge in [0.25, 0.3) is 0 Å². The fourth-order valence-corrected chi connectivity index (χ4v) is 2.57. The Bertz CT molecular complexity index is 336. The maximum atomic E-state index is 5.38. The number of anilines is 1. The van der Waals surface area contributed by atoms with Gasteiger partial charge in [-0.05, 0) is 43.9 Å². The Morgan fingerprint density at radius 1 is 1.38 bits per heavy atom. The average molecular weight is 284 g/mol. The Hall–Kier alpha value is -0.540. The van der Waals surface area contributed by atoms with E-state index >= 15 is 0 Å². The summed E-state index contributed by atoms with van der Waals surface area (Å²) in [6, 6.07) is 8.85. The van der Waals surface area contributed by atoms with Crippen LogP contribution in [0.3, 0.4) is 0 Å². The topological polar surface area (TPSA) is 21.3 Å². The van der Waals surface area contributed by atoms with Gasteiger partial charge in [0.1, 0.15) is 0 Å². The second-order valence-corrected chi connectivity index (χ2v) is 5.31. The quantitative estimate of drug-likeness (QED) is 0.914. The summed E-state index contributed by atoms with van der Waals surface area (Å²) in [4.78, 5) is 0. The molecule has 1 heterocycles. The first-order valence-electron chi connectivity index (χ1n) is 5.85. The molecule has 1 aromatic rings. The van der Waals surface area contributed by atoms with Gasteiger partial charge in [0.05, 0.1) is 0 Å². The van der Waals surface area contributed by atoms with Crippen molar-refractivity contribution in [3.8, 4) is 0 Å². The molecule has 0 saturated carbocycles. The summed E-state index contributed by atoms with van der Waals surface area (Å²) in [7, 11) is 0. The van der Waals surface area contributed by atoms with Crippen molar-refractivity contribution in [1.82, 2.24) is 0 Å². The van der Waals surface area contributed by atoms with E-state index < -0.39 is 0 Å². The fraction of sp³-hybridized carbons (Fsp3) is 0.538. The zero-order valence-corrected chi connectivity index (χ0v) is 11.2. The van der Waals surface area contributed by atoms with Crippen LogP contribution < -0.4 is 5.32 Å². The Morgan fingerprint density at radius 3 is 2.81 bits per heavy atom. The molecule has 0 aromatic heterocycles. The van der Waals surface area contributed by atoms with E-state index in [4.69, 9.17) is 4.74 Å². The third-order valence-corrected chi connectivity index (χ3v) is 3.69. The lowest BCUT2D eigenvalue weighted by Crippen LogP contribution is -2.30. The molecule has 1 atom stereocenters. The first-order chi connectivity index (χ1) is 7.75. The molecule has 2 rings (SSSR count). The summed E-state index contributed by atoms with van der Waals surface area (Å²) in [5.74, 6) is 0.729. The molecule has 88 valence electrons. The highest BCUT2D eigenvalue weighted by molar-refractivity contribution is 9.10. The first-order valence-corrected chi connectivity index (χ1v) is 6.65. The third kappa shape index (κ3) is 3.22. The SMILES string of the molecule is CC(Nc1cccc(Br)c1)C1CCOCC1. The van der Waals surface area contributed by atoms with Crippen molar-refractivity contribution in [3.63, 3.8) is 0 Å². The fourth-order valence-electron chi connectivity index (χ4n) is 2.17. The summed E-state index contributed by atoms with van der Waals surface area (Å²) >= 11 is 3.49. The van der Waals surface area contributed by atoms with Gasteiger partial charge in [0, 0.05) is 29.4 Å². The second kappa shape index (κ2) is 5.69. The predicted molar refractivity (Wildman–Crippen MR) is 70.8 cm³/mol. The van der Waals surface area contributed by atoms with Crippen LogP contribution in [0.1, 0.15) is 19.8 Å². The maximum Gasteiger partial charge on any atom is 0.0469 e. The molecular formula is C13H18BrNO. The Morgan fingerprint density at radius 2 is 2.12 bits per heavy atom. The number of benzene rings is 1. The number of nitrogens with one attached hydrogen (secondary N) is 1. The Balaban J connectivity index is 1.93. The lowest BCUT2D eigenvalue weighted by atomic mass is 9.93. The Kier molecular flexibility index (Phi) is 4.24. The molecule has 16 heavy (non-hydrogen) atoms. The summed E-state index contributed by atoms with van der Waals surface area (Å²) in [5.41, 5.74) is 1.19. The summed E-state index contributed by atoms with van der Waals surface area (Å²) in [6.07, 6.45) is 2.34. The van der Waals surface area contributed by atoms with Gasteiger partial charge in [-0.25, -0.2) is 0 Å². The van der Waals surface area contributed by atoms with E-state index in [9.17, 15) is 0 Å². The Labute approximate surface area is 106 Å². The summed E-state index contributed by atoms with van der Waals surface area (Å²) < 4.78 is 6.51. The van der Waals surface area contributed by atoms with Gasteiger partial charge in [-0.1, -0.05) is 22.0 Å². The lowest BCUT2D eigenvalue weighted by molar-refractivity contribution is 0.0622. The maximum absolute atomic E-state index is 5.38. The number of hydrogen-bond acceptors (Lipinski definition) is 2. The van der Waals surface area contributed by atoms with E-state index in [2.05, 4.69) is 46.4 Å². The smallest absolute Gasteiger partial charge is 0.0469 e. The van der Waals surface area contributed by atoms with Crippen molar-refractivity contribution in [2.45, 2.75) is 25.8 Å². The molecule has 0 spiro atoms. The van der Waals surface area contributed by atoms with E-state index in [-0.39, 0.29) is 0 Å². The van der Waals surface area contributed by atoms with Gasteiger partial charge < -0.3 is 10.1 Å². The molecule has 3 heteroatoms. The molecule has 1 aliphatic heterocycles. The van der Waals surface area contributed by atoms with Crippen LogP contribution in [0, 0.1) is 5.92 Å². The van der Waals surface area contributed by atoms with E-state index in [0.717, 1.165) is 23.6 Å². The molecule has 0 radical (unpaired) electrons. The normalized spacial score (nSPS) is 19.4. The van der Waals surface area contributed by atoms with Gasteiger partial charge in [0.15, 0.2) is 0 Å². The van der Waals surface area contributed by atoms with Crippen LogP contribution in [0.25, 0.3) is 0 Å². The summed E-state index contributed by atoms with van der Waals surface area (Å²) in [5, 5.41) is 3.57. The highest BCUT2D eigenvalue weighted by Crippen LogP contribution is 2.23. The molecular weight excluding hydrogens is 266 g/mol. The molecule has 1 N–H and O–H groups in total. The van der Waals surface area contributed by atoms with Gasteiger partial charge in [-0.2, -0.15) is 0 Å². The van der Waals surface area contributed by atoms with Gasteiger partial charge >= 0.3 is 0 Å². The van der Waals surface area contributed by atoms with Crippen molar-refractivity contribution >= 4 is 21.6 Å². The van der Waals surface area contributed by atoms with Crippen LogP contribution in [0.2, 0.25) is 0 Å². The molecule has 1 aliphatic rings. The molecule has 1 unspecified atom stereocenters. The number of hydrogen-bond donors (Lipinski definition) is 1. The van der Waals surface area contributed by atoms with Crippen molar-refractivity contribution in [1.29, 1.82) is 0 Å². The zero-order chi connectivity index (χ0) is 11.4. The van der Waals surface area contributed by atoms with E-state index in [1.165, 1.54) is 18.5 Å². The average Bonchev–Trinajstić information content (AvgIpc) is 2.30. The second-order valence-electron chi connectivity index (χ2n) is 4.39. The molecule has 1 aromatic carbocycles. The van der Waals surface area contributed by atoms with Crippen molar-refractivity contribution in [2.24, 2.45) is 5.92 Å². The highest BCUT2D eigenvalue weighted by atomic mass is 79.9. The summed E-state index contributed by atoms with van der Waals surface area (Å²) in [6.45, 7) is 4.08. The first kappa shape index (κ1) is 11.9. The van der Waals surface area contributed by atoms with Gasteiger partial charge in [0.2, 0.25) is 0 Å². The van der Waals surface area contributed by atoms with Crippen molar-refractivity contribution < 1.29 is 4.74 Å². The minimum atomic E-state index is 0.512. The van der Waals surface area contributed by atoms with Crippen LogP contribution >= 0.6 is 15.9 Å².